The van der Waals surface area contributed by atoms with Crippen LogP contribution in [0.1, 0.15) is 27.2 Å². The molecule has 0 unspecified atom stereocenters. The number of hydrogen-bond acceptors (Lipinski definition) is 7. The van der Waals surface area contributed by atoms with Gasteiger partial charge in [0.25, 0.3) is 0 Å². The molecule has 0 heterocycles. The molecule has 11 heteroatoms. The maximum atomic E-state index is 12.5. The summed E-state index contributed by atoms with van der Waals surface area (Å²) in [6.45, 7) is 5.02. The van der Waals surface area contributed by atoms with Crippen LogP contribution in [0.4, 0.5) is 4.79 Å². The molecule has 0 aliphatic carbocycles. The molecule has 0 aliphatic heterocycles. The molecule has 0 saturated heterocycles. The zero-order chi connectivity index (χ0) is 19.6. The number of hydroxylamine groups is 1. The largest absolute Gasteiger partial charge is 0.462 e. The number of rotatable bonds is 4. The number of benzene rings is 1. The molecule has 0 fully saturated rings. The first-order chi connectivity index (χ1) is 11.2. The topological polar surface area (TPSA) is 135 Å². The van der Waals surface area contributed by atoms with E-state index in [1.165, 1.54) is 12.1 Å². The van der Waals surface area contributed by atoms with E-state index in [4.69, 9.17) is 5.11 Å². The van der Waals surface area contributed by atoms with E-state index in [1.807, 2.05) is 0 Å². The molecule has 1 rings (SSSR count). The van der Waals surface area contributed by atoms with Crippen molar-refractivity contribution in [3.8, 4) is 0 Å². The normalized spacial score (nSPS) is 12.5. The van der Waals surface area contributed by atoms with E-state index in [-0.39, 0.29) is 6.42 Å². The van der Waals surface area contributed by atoms with Gasteiger partial charge in [0.05, 0.1) is 11.3 Å². The molecule has 25 heavy (non-hydrogen) atoms. The van der Waals surface area contributed by atoms with Crippen molar-refractivity contribution in [3.63, 3.8) is 0 Å². The summed E-state index contributed by atoms with van der Waals surface area (Å²) in [5.41, 5.74) is -0.574. The van der Waals surface area contributed by atoms with Crippen LogP contribution in [-0.4, -0.2) is 44.7 Å². The number of carbonyl (C=O) groups is 2. The first-order valence-electron chi connectivity index (χ1n) is 6.94. The van der Waals surface area contributed by atoms with Crippen LogP contribution in [0.5, 0.6) is 0 Å². The maximum absolute atomic E-state index is 12.5. The first-order valence-corrected chi connectivity index (χ1v) is 10.3. The summed E-state index contributed by atoms with van der Waals surface area (Å²) in [6, 6.07) is 4.43. The van der Waals surface area contributed by atoms with Gasteiger partial charge in [-0.2, -0.15) is 8.42 Å². The summed E-state index contributed by atoms with van der Waals surface area (Å²) >= 11 is 0. The van der Waals surface area contributed by atoms with E-state index in [2.05, 4.69) is 4.84 Å². The Morgan fingerprint density at radius 3 is 1.96 bits per heavy atom. The van der Waals surface area contributed by atoms with Gasteiger partial charge in [0.2, 0.25) is 0 Å². The second-order valence-electron chi connectivity index (χ2n) is 6.43. The molecule has 0 bridgehead atoms. The number of carbonyl (C=O) groups excluding carboxylic acids is 1. The fraction of sp³-hybridized carbons (Fsp3) is 0.429. The van der Waals surface area contributed by atoms with Gasteiger partial charge in [0, 0.05) is 6.26 Å². The lowest BCUT2D eigenvalue weighted by Crippen LogP contribution is -2.39. The maximum Gasteiger partial charge on any atom is 0.456 e. The van der Waals surface area contributed by atoms with Crippen molar-refractivity contribution >= 4 is 31.9 Å². The van der Waals surface area contributed by atoms with Gasteiger partial charge in [-0.3, -0.25) is 0 Å². The van der Waals surface area contributed by atoms with Crippen molar-refractivity contribution < 1.29 is 36.4 Å². The van der Waals surface area contributed by atoms with Crippen molar-refractivity contribution in [1.29, 1.82) is 0 Å². The molecule has 0 atom stereocenters. The quantitative estimate of drug-likeness (QED) is 0.763. The average Bonchev–Trinajstić information content (AvgIpc) is 2.41. The molecule has 0 saturated carbocycles. The fourth-order valence-corrected chi connectivity index (χ4v) is 4.48. The molecule has 1 aromatic carbocycles. The minimum atomic E-state index is -4.95. The summed E-state index contributed by atoms with van der Waals surface area (Å²) < 4.78 is 48.1. The molecule has 1 N–H and O–H groups in total. The van der Waals surface area contributed by atoms with Crippen molar-refractivity contribution in [2.24, 2.45) is 5.41 Å². The molecule has 0 spiro atoms. The second kappa shape index (κ2) is 7.00. The highest BCUT2D eigenvalue weighted by molar-refractivity contribution is 7.93. The third-order valence-electron chi connectivity index (χ3n) is 2.76. The van der Waals surface area contributed by atoms with Crippen LogP contribution in [0.25, 0.3) is 0 Å². The number of carboxylic acid groups (broad SMARTS) is 1. The zero-order valence-electron chi connectivity index (χ0n) is 14.1. The van der Waals surface area contributed by atoms with Crippen LogP contribution in [-0.2, 0) is 29.5 Å². The van der Waals surface area contributed by atoms with Crippen LogP contribution < -0.4 is 0 Å². The van der Waals surface area contributed by atoms with Crippen LogP contribution in [0, 0.1) is 5.41 Å². The molecule has 0 aliphatic rings. The molecule has 9 nitrogen and oxygen atoms in total. The van der Waals surface area contributed by atoms with Gasteiger partial charge < -0.3 is 9.94 Å². The first kappa shape index (κ1) is 20.9. The summed E-state index contributed by atoms with van der Waals surface area (Å²) in [5.74, 6) is -1.09. The van der Waals surface area contributed by atoms with Crippen molar-refractivity contribution in [1.82, 2.24) is 4.47 Å². The number of sulfonamides is 1. The van der Waals surface area contributed by atoms with Gasteiger partial charge in [-0.15, -0.1) is 0 Å². The predicted octanol–water partition coefficient (Wildman–Crippen LogP) is 1.65. The van der Waals surface area contributed by atoms with Gasteiger partial charge in [-0.1, -0.05) is 32.9 Å². The summed E-state index contributed by atoms with van der Waals surface area (Å²) in [7, 11) is -8.93. The monoisotopic (exact) mass is 393 g/mol. The Morgan fingerprint density at radius 2 is 1.56 bits per heavy atom. The third-order valence-corrected chi connectivity index (χ3v) is 5.62. The van der Waals surface area contributed by atoms with Gasteiger partial charge in [-0.05, 0) is 22.0 Å². The Hall–Kier alpha value is -2.14. The Bertz CT molecular complexity index is 882. The highest BCUT2D eigenvalue weighted by Gasteiger charge is 2.37. The standard InChI is InChI=1S/C14H19NO8S2/c1-14(2,3)9-12(16)23-15(13(17)18)25(21,22)11-8-6-5-7-10(11)24(4,19)20/h5-8H,9H2,1-4H3,(H,17,18). The highest BCUT2D eigenvalue weighted by Crippen LogP contribution is 2.26. The van der Waals surface area contributed by atoms with Gasteiger partial charge in [-0.25, -0.2) is 18.0 Å². The Morgan fingerprint density at radius 1 is 1.08 bits per heavy atom. The number of amides is 1. The smallest absolute Gasteiger partial charge is 0.456 e. The van der Waals surface area contributed by atoms with E-state index in [0.717, 1.165) is 18.4 Å². The summed E-state index contributed by atoms with van der Waals surface area (Å²) in [5, 5.41) is 9.13. The summed E-state index contributed by atoms with van der Waals surface area (Å²) in [6.07, 6.45) is -1.55. The Labute approximate surface area is 146 Å². The molecule has 0 aromatic heterocycles. The van der Waals surface area contributed by atoms with Gasteiger partial charge >= 0.3 is 22.1 Å². The van der Waals surface area contributed by atoms with Gasteiger partial charge in [0.1, 0.15) is 4.90 Å². The lowest BCUT2D eigenvalue weighted by atomic mass is 9.93. The minimum Gasteiger partial charge on any atom is -0.462 e. The van der Waals surface area contributed by atoms with E-state index in [9.17, 15) is 26.4 Å². The molecule has 140 valence electrons. The number of sulfone groups is 1. The Balaban J connectivity index is 3.38. The molecular weight excluding hydrogens is 374 g/mol. The summed E-state index contributed by atoms with van der Waals surface area (Å²) in [4.78, 5) is 26.2. The van der Waals surface area contributed by atoms with E-state index < -0.39 is 51.6 Å². The number of nitrogens with zero attached hydrogens (tertiary/aromatic N) is 1. The average molecular weight is 393 g/mol. The van der Waals surface area contributed by atoms with Crippen LogP contribution in [0.2, 0.25) is 0 Å². The predicted molar refractivity (Wildman–Crippen MR) is 86.8 cm³/mol. The lowest BCUT2D eigenvalue weighted by Gasteiger charge is -2.21. The van der Waals surface area contributed by atoms with Crippen molar-refractivity contribution in [2.75, 3.05) is 6.26 Å². The van der Waals surface area contributed by atoms with Gasteiger partial charge in [0.15, 0.2) is 9.84 Å². The molecule has 0 radical (unpaired) electrons. The molecular formula is C14H19NO8S2. The fourth-order valence-electron chi connectivity index (χ4n) is 1.81. The third kappa shape index (κ3) is 5.43. The minimum absolute atomic E-state index is 0.250. The zero-order valence-corrected chi connectivity index (χ0v) is 15.7. The van der Waals surface area contributed by atoms with Crippen molar-refractivity contribution in [3.05, 3.63) is 24.3 Å². The Kier molecular flexibility index (Phi) is 5.85. The second-order valence-corrected chi connectivity index (χ2v) is 10.1. The highest BCUT2D eigenvalue weighted by atomic mass is 32.2. The SMILES string of the molecule is CC(C)(C)CC(=O)ON(C(=O)O)S(=O)(=O)c1ccccc1S(C)(=O)=O. The van der Waals surface area contributed by atoms with Crippen LogP contribution in [0.3, 0.4) is 0 Å². The molecule has 1 aromatic rings. The van der Waals surface area contributed by atoms with E-state index in [1.54, 1.807) is 20.8 Å². The number of hydrogen-bond donors (Lipinski definition) is 1. The molecule has 1 amide bonds. The van der Waals surface area contributed by atoms with Crippen LogP contribution in [0.15, 0.2) is 34.1 Å². The van der Waals surface area contributed by atoms with E-state index >= 15 is 0 Å². The van der Waals surface area contributed by atoms with Crippen LogP contribution >= 0.6 is 0 Å². The lowest BCUT2D eigenvalue weighted by molar-refractivity contribution is -0.166. The van der Waals surface area contributed by atoms with E-state index in [0.29, 0.717) is 0 Å². The van der Waals surface area contributed by atoms with Crippen molar-refractivity contribution in [2.45, 2.75) is 37.0 Å².